The van der Waals surface area contributed by atoms with Gasteiger partial charge in [0.2, 0.25) is 5.91 Å². The number of hydrogen-bond acceptors (Lipinski definition) is 2. The van der Waals surface area contributed by atoms with Gasteiger partial charge < -0.3 is 11.1 Å². The average molecular weight is 182 g/mol. The van der Waals surface area contributed by atoms with E-state index >= 15 is 0 Å². The summed E-state index contributed by atoms with van der Waals surface area (Å²) in [6, 6.07) is -0.232. The van der Waals surface area contributed by atoms with Crippen LogP contribution in [0.1, 0.15) is 27.2 Å². The Kier molecular flexibility index (Phi) is 4.50. The highest BCUT2D eigenvalue weighted by Crippen LogP contribution is 2.19. The van der Waals surface area contributed by atoms with Crippen molar-refractivity contribution in [1.29, 1.82) is 0 Å². The lowest BCUT2D eigenvalue weighted by Gasteiger charge is -2.25. The van der Waals surface area contributed by atoms with Crippen LogP contribution in [-0.2, 0) is 4.79 Å². The maximum absolute atomic E-state index is 11.6. The summed E-state index contributed by atoms with van der Waals surface area (Å²) >= 11 is 0. The fraction of sp³-hybridized carbons (Fsp3) is 0.700. The Balaban J connectivity index is 4.33. The molecule has 74 valence electrons. The Hall–Kier alpha value is -1.01. The quantitative estimate of drug-likeness (QED) is 0.622. The van der Waals surface area contributed by atoms with Gasteiger partial charge in [0.15, 0.2) is 0 Å². The molecule has 0 heterocycles. The maximum Gasteiger partial charge on any atom is 0.228 e. The van der Waals surface area contributed by atoms with Crippen LogP contribution in [0.2, 0.25) is 0 Å². The fourth-order valence-corrected chi connectivity index (χ4v) is 0.810. The standard InChI is InChI=1S/C10H18N2O/c1-5-8(3)12-9(13)10(4,6-2)7-11/h1,8H,6-7,11H2,2-4H3,(H,12,13). The van der Waals surface area contributed by atoms with E-state index in [1.54, 1.807) is 6.92 Å². The molecule has 3 heteroatoms. The fourth-order valence-electron chi connectivity index (χ4n) is 0.810. The second-order valence-corrected chi connectivity index (χ2v) is 3.48. The van der Waals surface area contributed by atoms with Crippen LogP contribution in [0.25, 0.3) is 0 Å². The molecule has 13 heavy (non-hydrogen) atoms. The van der Waals surface area contributed by atoms with Gasteiger partial charge in [-0.3, -0.25) is 4.79 Å². The van der Waals surface area contributed by atoms with Gasteiger partial charge in [-0.15, -0.1) is 6.42 Å². The molecule has 1 amide bonds. The molecule has 3 N–H and O–H groups in total. The van der Waals surface area contributed by atoms with Crippen molar-refractivity contribution in [1.82, 2.24) is 5.32 Å². The van der Waals surface area contributed by atoms with Crippen LogP contribution in [0.15, 0.2) is 0 Å². The zero-order valence-corrected chi connectivity index (χ0v) is 8.55. The number of carbonyl (C=O) groups is 1. The molecule has 0 aromatic rings. The zero-order valence-electron chi connectivity index (χ0n) is 8.55. The SMILES string of the molecule is C#CC(C)NC(=O)C(C)(CC)CN. The minimum Gasteiger partial charge on any atom is -0.342 e. The lowest BCUT2D eigenvalue weighted by molar-refractivity contribution is -0.130. The average Bonchev–Trinajstić information content (AvgIpc) is 2.16. The monoisotopic (exact) mass is 182 g/mol. The first-order valence-electron chi connectivity index (χ1n) is 4.47. The van der Waals surface area contributed by atoms with E-state index < -0.39 is 5.41 Å². The highest BCUT2D eigenvalue weighted by atomic mass is 16.2. The molecule has 0 aliphatic carbocycles. The number of hydrogen-bond donors (Lipinski definition) is 2. The Labute approximate surface area is 80.1 Å². The molecule has 0 fully saturated rings. The van der Waals surface area contributed by atoms with Gasteiger partial charge in [0.1, 0.15) is 0 Å². The van der Waals surface area contributed by atoms with Crippen molar-refractivity contribution in [2.75, 3.05) is 6.54 Å². The van der Waals surface area contributed by atoms with Gasteiger partial charge in [0.25, 0.3) is 0 Å². The predicted octanol–water partition coefficient (Wildman–Crippen LogP) is 0.499. The van der Waals surface area contributed by atoms with Gasteiger partial charge in [-0.25, -0.2) is 0 Å². The maximum atomic E-state index is 11.6. The molecular weight excluding hydrogens is 164 g/mol. The highest BCUT2D eigenvalue weighted by molar-refractivity contribution is 5.82. The summed E-state index contributed by atoms with van der Waals surface area (Å²) in [5.41, 5.74) is 5.03. The van der Waals surface area contributed by atoms with E-state index in [0.717, 1.165) is 0 Å². The van der Waals surface area contributed by atoms with Crippen LogP contribution in [-0.4, -0.2) is 18.5 Å². The van der Waals surface area contributed by atoms with E-state index in [-0.39, 0.29) is 11.9 Å². The normalized spacial score (nSPS) is 16.8. The van der Waals surface area contributed by atoms with Crippen LogP contribution in [0.3, 0.4) is 0 Å². The van der Waals surface area contributed by atoms with Gasteiger partial charge in [0.05, 0.1) is 11.5 Å². The number of amides is 1. The first kappa shape index (κ1) is 12.0. The lowest BCUT2D eigenvalue weighted by Crippen LogP contribution is -2.46. The third-order valence-corrected chi connectivity index (χ3v) is 2.38. The van der Waals surface area contributed by atoms with Crippen molar-refractivity contribution in [2.24, 2.45) is 11.1 Å². The molecule has 2 unspecified atom stereocenters. The number of nitrogens with two attached hydrogens (primary N) is 1. The number of rotatable bonds is 4. The molecule has 0 aliphatic rings. The molecule has 0 spiro atoms. The second kappa shape index (κ2) is 4.88. The van der Waals surface area contributed by atoms with Gasteiger partial charge in [-0.1, -0.05) is 12.8 Å². The van der Waals surface area contributed by atoms with Crippen LogP contribution >= 0.6 is 0 Å². The van der Waals surface area contributed by atoms with E-state index in [2.05, 4.69) is 11.2 Å². The Bertz CT molecular complexity index is 213. The molecule has 0 bridgehead atoms. The molecule has 0 saturated heterocycles. The molecular formula is C10H18N2O. The summed E-state index contributed by atoms with van der Waals surface area (Å²) in [6.07, 6.45) is 5.87. The number of carbonyl (C=O) groups excluding carboxylic acids is 1. The van der Waals surface area contributed by atoms with Crippen molar-refractivity contribution in [3.05, 3.63) is 0 Å². The van der Waals surface area contributed by atoms with Crippen LogP contribution in [0.4, 0.5) is 0 Å². The molecule has 2 atom stereocenters. The van der Waals surface area contributed by atoms with Crippen molar-refractivity contribution < 1.29 is 4.79 Å². The summed E-state index contributed by atoms with van der Waals surface area (Å²) < 4.78 is 0. The van der Waals surface area contributed by atoms with Crippen molar-refractivity contribution in [3.8, 4) is 12.3 Å². The first-order chi connectivity index (χ1) is 6.00. The van der Waals surface area contributed by atoms with Crippen molar-refractivity contribution in [2.45, 2.75) is 33.2 Å². The lowest BCUT2D eigenvalue weighted by atomic mass is 9.86. The van der Waals surface area contributed by atoms with E-state index in [0.29, 0.717) is 13.0 Å². The van der Waals surface area contributed by atoms with Gasteiger partial charge in [0, 0.05) is 6.54 Å². The second-order valence-electron chi connectivity index (χ2n) is 3.48. The van der Waals surface area contributed by atoms with E-state index in [9.17, 15) is 4.79 Å². The van der Waals surface area contributed by atoms with Gasteiger partial charge in [-0.2, -0.15) is 0 Å². The molecule has 0 rings (SSSR count). The van der Waals surface area contributed by atoms with Crippen LogP contribution < -0.4 is 11.1 Å². The summed E-state index contributed by atoms with van der Waals surface area (Å²) in [7, 11) is 0. The number of nitrogens with one attached hydrogen (secondary N) is 1. The van der Waals surface area contributed by atoms with Crippen LogP contribution in [0.5, 0.6) is 0 Å². The summed E-state index contributed by atoms with van der Waals surface area (Å²) in [4.78, 5) is 11.6. The summed E-state index contributed by atoms with van der Waals surface area (Å²) in [5.74, 6) is 2.38. The minimum absolute atomic E-state index is 0.0667. The third kappa shape index (κ3) is 3.08. The molecule has 0 aliphatic heterocycles. The Morgan fingerprint density at radius 3 is 2.62 bits per heavy atom. The third-order valence-electron chi connectivity index (χ3n) is 2.38. The van der Waals surface area contributed by atoms with Crippen LogP contribution in [0, 0.1) is 17.8 Å². The number of terminal acetylenes is 1. The molecule has 0 saturated carbocycles. The van der Waals surface area contributed by atoms with E-state index in [1.165, 1.54) is 0 Å². The largest absolute Gasteiger partial charge is 0.342 e. The highest BCUT2D eigenvalue weighted by Gasteiger charge is 2.29. The predicted molar refractivity (Wildman–Crippen MR) is 53.9 cm³/mol. The summed E-state index contributed by atoms with van der Waals surface area (Å²) in [5, 5.41) is 2.72. The molecule has 0 aromatic carbocycles. The van der Waals surface area contributed by atoms with Gasteiger partial charge >= 0.3 is 0 Å². The topological polar surface area (TPSA) is 55.1 Å². The van der Waals surface area contributed by atoms with E-state index in [4.69, 9.17) is 12.2 Å². The zero-order chi connectivity index (χ0) is 10.5. The Morgan fingerprint density at radius 2 is 2.31 bits per heavy atom. The summed E-state index contributed by atoms with van der Waals surface area (Å²) in [6.45, 7) is 5.88. The van der Waals surface area contributed by atoms with Crippen molar-refractivity contribution in [3.63, 3.8) is 0 Å². The smallest absolute Gasteiger partial charge is 0.228 e. The minimum atomic E-state index is -0.495. The Morgan fingerprint density at radius 1 is 1.77 bits per heavy atom. The van der Waals surface area contributed by atoms with Crippen molar-refractivity contribution >= 4 is 5.91 Å². The van der Waals surface area contributed by atoms with E-state index in [1.807, 2.05) is 13.8 Å². The van der Waals surface area contributed by atoms with Gasteiger partial charge in [-0.05, 0) is 20.3 Å². The molecule has 3 nitrogen and oxygen atoms in total. The molecule has 0 aromatic heterocycles. The molecule has 0 radical (unpaired) electrons. The first-order valence-corrected chi connectivity index (χ1v) is 4.47.